The summed E-state index contributed by atoms with van der Waals surface area (Å²) in [4.78, 5) is 16.9. The lowest BCUT2D eigenvalue weighted by Gasteiger charge is -2.01. The van der Waals surface area contributed by atoms with Crippen LogP contribution in [0.15, 0.2) is 58.3 Å². The maximum atomic E-state index is 12.6. The third-order valence-electron chi connectivity index (χ3n) is 3.58. The molecule has 0 atom stereocenters. The molecule has 0 unspecified atom stereocenters. The molecule has 23 heavy (non-hydrogen) atoms. The van der Waals surface area contributed by atoms with Gasteiger partial charge in [0.1, 0.15) is 0 Å². The molecule has 0 aliphatic rings. The minimum Gasteiger partial charge on any atom is -0.295 e. The van der Waals surface area contributed by atoms with Gasteiger partial charge in [0.2, 0.25) is 0 Å². The van der Waals surface area contributed by atoms with Crippen LogP contribution in [0.5, 0.6) is 0 Å². The normalized spacial score (nSPS) is 11.3. The van der Waals surface area contributed by atoms with Crippen LogP contribution in [0.3, 0.4) is 0 Å². The first-order valence-corrected chi connectivity index (χ1v) is 7.61. The Bertz CT molecular complexity index is 903. The minimum absolute atomic E-state index is 0.121. The Morgan fingerprint density at radius 1 is 1.04 bits per heavy atom. The van der Waals surface area contributed by atoms with Crippen LogP contribution in [-0.4, -0.2) is 16.0 Å². The maximum Gasteiger partial charge on any atom is 0.280 e. The molecule has 4 nitrogen and oxygen atoms in total. The van der Waals surface area contributed by atoms with Gasteiger partial charge in [-0.15, -0.1) is 0 Å². The summed E-state index contributed by atoms with van der Waals surface area (Å²) in [7, 11) is 0. The fraction of sp³-hybridized carbons (Fsp3) is 0.111. The fourth-order valence-corrected chi connectivity index (χ4v) is 2.38. The van der Waals surface area contributed by atoms with Gasteiger partial charge in [-0.05, 0) is 50.2 Å². The molecule has 1 heterocycles. The number of H-pyrrole nitrogens is 1. The largest absolute Gasteiger partial charge is 0.295 e. The summed E-state index contributed by atoms with van der Waals surface area (Å²) in [6.07, 6.45) is 1.59. The van der Waals surface area contributed by atoms with Crippen LogP contribution in [0.2, 0.25) is 5.02 Å². The molecule has 0 spiro atoms. The lowest BCUT2D eigenvalue weighted by molar-refractivity contribution is 0.835. The lowest BCUT2D eigenvalue weighted by Crippen LogP contribution is -2.17. The molecule has 0 aliphatic heterocycles. The second-order valence-corrected chi connectivity index (χ2v) is 5.80. The third kappa shape index (κ3) is 3.27. The van der Waals surface area contributed by atoms with Crippen molar-refractivity contribution in [2.75, 3.05) is 0 Å². The Balaban J connectivity index is 1.96. The topological polar surface area (TPSA) is 50.1 Å². The average molecular weight is 326 g/mol. The summed E-state index contributed by atoms with van der Waals surface area (Å²) in [5, 5.41) is 3.74. The molecule has 1 N–H and O–H groups in total. The van der Waals surface area contributed by atoms with Crippen molar-refractivity contribution in [1.82, 2.24) is 9.78 Å². The first kappa shape index (κ1) is 15.3. The molecule has 1 aromatic heterocycles. The quantitative estimate of drug-likeness (QED) is 0.721. The number of nitrogens with zero attached hydrogens (tertiary/aromatic N) is 2. The standard InChI is InChI=1S/C18H16ClN3O/c1-12-3-9-16(10-4-12)22-18(23)17(13(2)21-22)11-20-15-7-5-14(19)6-8-15/h3-11,21H,1-2H3. The number of rotatable bonds is 3. The van der Waals surface area contributed by atoms with Crippen molar-refractivity contribution in [3.05, 3.63) is 80.7 Å². The number of aromatic amines is 1. The number of aryl methyl sites for hydroxylation is 2. The smallest absolute Gasteiger partial charge is 0.280 e. The van der Waals surface area contributed by atoms with Crippen molar-refractivity contribution in [2.24, 2.45) is 4.99 Å². The zero-order chi connectivity index (χ0) is 16.4. The van der Waals surface area contributed by atoms with E-state index in [-0.39, 0.29) is 5.56 Å². The van der Waals surface area contributed by atoms with Crippen LogP contribution >= 0.6 is 11.6 Å². The van der Waals surface area contributed by atoms with Gasteiger partial charge in [0.15, 0.2) is 0 Å². The number of benzene rings is 2. The number of aromatic nitrogens is 2. The van der Waals surface area contributed by atoms with Crippen molar-refractivity contribution in [2.45, 2.75) is 13.8 Å². The Morgan fingerprint density at radius 2 is 1.70 bits per heavy atom. The zero-order valence-electron chi connectivity index (χ0n) is 12.9. The predicted octanol–water partition coefficient (Wildman–Crippen LogP) is 4.19. The second-order valence-electron chi connectivity index (χ2n) is 5.36. The third-order valence-corrected chi connectivity index (χ3v) is 3.83. The first-order chi connectivity index (χ1) is 11.0. The van der Waals surface area contributed by atoms with Crippen molar-refractivity contribution in [3.8, 4) is 5.69 Å². The maximum absolute atomic E-state index is 12.6. The SMILES string of the molecule is Cc1ccc(-n2[nH]c(C)c(C=Nc3ccc(Cl)cc3)c2=O)cc1. The summed E-state index contributed by atoms with van der Waals surface area (Å²) in [6, 6.07) is 14.9. The summed E-state index contributed by atoms with van der Waals surface area (Å²) in [6.45, 7) is 3.87. The molecular formula is C18H16ClN3O. The molecule has 2 aromatic carbocycles. The van der Waals surface area contributed by atoms with E-state index in [0.29, 0.717) is 10.6 Å². The molecule has 0 saturated heterocycles. The Labute approximate surface area is 139 Å². The van der Waals surface area contributed by atoms with Gasteiger partial charge in [0.05, 0.1) is 16.9 Å². The monoisotopic (exact) mass is 325 g/mol. The van der Waals surface area contributed by atoms with Gasteiger partial charge in [0.25, 0.3) is 5.56 Å². The van der Waals surface area contributed by atoms with Crippen molar-refractivity contribution < 1.29 is 0 Å². The lowest BCUT2D eigenvalue weighted by atomic mass is 10.2. The number of halogens is 1. The molecule has 0 radical (unpaired) electrons. The second kappa shape index (κ2) is 6.26. The highest BCUT2D eigenvalue weighted by molar-refractivity contribution is 6.30. The summed E-state index contributed by atoms with van der Waals surface area (Å²) in [5.74, 6) is 0. The van der Waals surface area contributed by atoms with Crippen LogP contribution in [-0.2, 0) is 0 Å². The summed E-state index contributed by atoms with van der Waals surface area (Å²) >= 11 is 5.85. The van der Waals surface area contributed by atoms with Gasteiger partial charge >= 0.3 is 0 Å². The van der Waals surface area contributed by atoms with Crippen LogP contribution in [0.4, 0.5) is 5.69 Å². The van der Waals surface area contributed by atoms with Crippen molar-refractivity contribution >= 4 is 23.5 Å². The average Bonchev–Trinajstić information content (AvgIpc) is 2.82. The van der Waals surface area contributed by atoms with Crippen LogP contribution in [0, 0.1) is 13.8 Å². The van der Waals surface area contributed by atoms with Gasteiger partial charge in [-0.3, -0.25) is 14.9 Å². The van der Waals surface area contributed by atoms with Gasteiger partial charge in [0, 0.05) is 16.9 Å². The van der Waals surface area contributed by atoms with Gasteiger partial charge in [-0.25, -0.2) is 4.68 Å². The molecule has 5 heteroatoms. The van der Waals surface area contributed by atoms with E-state index in [2.05, 4.69) is 10.1 Å². The fourth-order valence-electron chi connectivity index (χ4n) is 2.25. The predicted molar refractivity (Wildman–Crippen MR) is 94.6 cm³/mol. The highest BCUT2D eigenvalue weighted by Crippen LogP contribution is 2.16. The minimum atomic E-state index is -0.121. The molecule has 3 aromatic rings. The molecule has 0 bridgehead atoms. The number of hydrogen-bond donors (Lipinski definition) is 1. The van der Waals surface area contributed by atoms with E-state index in [0.717, 1.165) is 22.6 Å². The molecular weight excluding hydrogens is 310 g/mol. The van der Waals surface area contributed by atoms with Gasteiger partial charge in [-0.2, -0.15) is 0 Å². The van der Waals surface area contributed by atoms with E-state index in [1.165, 1.54) is 4.68 Å². The molecule has 0 amide bonds. The summed E-state index contributed by atoms with van der Waals surface area (Å²) < 4.78 is 1.53. The molecule has 0 saturated carbocycles. The van der Waals surface area contributed by atoms with E-state index < -0.39 is 0 Å². The Kier molecular flexibility index (Phi) is 4.17. The summed E-state index contributed by atoms with van der Waals surface area (Å²) in [5.41, 5.74) is 3.89. The number of aliphatic imine (C=N–C) groups is 1. The molecule has 0 fully saturated rings. The highest BCUT2D eigenvalue weighted by Gasteiger charge is 2.10. The van der Waals surface area contributed by atoms with Crippen LogP contribution in [0.25, 0.3) is 5.69 Å². The van der Waals surface area contributed by atoms with Crippen LogP contribution < -0.4 is 5.56 Å². The van der Waals surface area contributed by atoms with Crippen molar-refractivity contribution in [3.63, 3.8) is 0 Å². The van der Waals surface area contributed by atoms with E-state index in [9.17, 15) is 4.79 Å². The number of nitrogens with one attached hydrogen (secondary N) is 1. The van der Waals surface area contributed by atoms with Gasteiger partial charge < -0.3 is 0 Å². The van der Waals surface area contributed by atoms with Crippen LogP contribution in [0.1, 0.15) is 16.8 Å². The molecule has 0 aliphatic carbocycles. The van der Waals surface area contributed by atoms with E-state index >= 15 is 0 Å². The highest BCUT2D eigenvalue weighted by atomic mass is 35.5. The Morgan fingerprint density at radius 3 is 2.35 bits per heavy atom. The first-order valence-electron chi connectivity index (χ1n) is 7.23. The van der Waals surface area contributed by atoms with E-state index in [4.69, 9.17) is 11.6 Å². The van der Waals surface area contributed by atoms with Crippen molar-refractivity contribution in [1.29, 1.82) is 0 Å². The zero-order valence-corrected chi connectivity index (χ0v) is 13.6. The van der Waals surface area contributed by atoms with E-state index in [1.807, 2.05) is 38.1 Å². The molecule has 3 rings (SSSR count). The van der Waals surface area contributed by atoms with E-state index in [1.54, 1.807) is 30.5 Å². The van der Waals surface area contributed by atoms with Gasteiger partial charge in [-0.1, -0.05) is 29.3 Å². The Hall–Kier alpha value is -2.59. The number of hydrogen-bond acceptors (Lipinski definition) is 2. The molecule has 116 valence electrons.